The number of methoxy groups -OCH3 is 1. The molecule has 2 N–H and O–H groups in total. The molecule has 2 aromatic heterocycles. The summed E-state index contributed by atoms with van der Waals surface area (Å²) < 4.78 is 12.0. The van der Waals surface area contributed by atoms with Crippen LogP contribution in [-0.4, -0.2) is 34.7 Å². The number of hydrogen-bond acceptors (Lipinski definition) is 7. The van der Waals surface area contributed by atoms with Gasteiger partial charge in [0.2, 0.25) is 5.88 Å². The van der Waals surface area contributed by atoms with E-state index < -0.39 is 5.91 Å². The van der Waals surface area contributed by atoms with Crippen molar-refractivity contribution in [3.63, 3.8) is 0 Å². The summed E-state index contributed by atoms with van der Waals surface area (Å²) in [6, 6.07) is 20.5. The van der Waals surface area contributed by atoms with Crippen LogP contribution in [0, 0.1) is 0 Å². The molecule has 0 fully saturated rings. The number of aromatic nitrogens is 2. The summed E-state index contributed by atoms with van der Waals surface area (Å²) in [6.07, 6.45) is 0. The van der Waals surface area contributed by atoms with E-state index in [4.69, 9.17) is 9.47 Å². The summed E-state index contributed by atoms with van der Waals surface area (Å²) >= 11 is 1.55. The molecule has 1 amide bonds. The standard InChI is InChI=1S/C24H18N4O4S/c1-31-14-10-11-17-16(12-14)22(23(30)25-17)28-27-21(29)13-32-19-8-4-2-6-15(19)24-26-18-7-3-5-9-20(18)33-24/h2-12,25,30H,13H2,1H3. The first-order valence-electron chi connectivity index (χ1n) is 10.0. The van der Waals surface area contributed by atoms with Crippen LogP contribution in [0.2, 0.25) is 0 Å². The molecule has 0 bridgehead atoms. The van der Waals surface area contributed by atoms with Crippen LogP contribution < -0.4 is 9.47 Å². The van der Waals surface area contributed by atoms with Crippen molar-refractivity contribution in [1.82, 2.24) is 9.97 Å². The number of aromatic hydroxyl groups is 1. The Hall–Kier alpha value is -4.24. The number of nitrogens with one attached hydrogen (secondary N) is 1. The van der Waals surface area contributed by atoms with Crippen molar-refractivity contribution in [2.45, 2.75) is 0 Å². The van der Waals surface area contributed by atoms with E-state index in [0.29, 0.717) is 22.4 Å². The van der Waals surface area contributed by atoms with Crippen molar-refractivity contribution in [1.29, 1.82) is 0 Å². The molecule has 0 aliphatic heterocycles. The van der Waals surface area contributed by atoms with Gasteiger partial charge in [0.05, 0.1) is 28.4 Å². The number of azo groups is 1. The normalized spacial score (nSPS) is 11.4. The summed E-state index contributed by atoms with van der Waals surface area (Å²) in [4.78, 5) is 19.8. The second-order valence-electron chi connectivity index (χ2n) is 7.10. The number of amides is 1. The predicted octanol–water partition coefficient (Wildman–Crippen LogP) is 5.85. The van der Waals surface area contributed by atoms with Gasteiger partial charge < -0.3 is 19.6 Å². The highest BCUT2D eigenvalue weighted by Gasteiger charge is 2.14. The number of para-hydroxylation sites is 2. The highest BCUT2D eigenvalue weighted by atomic mass is 32.1. The number of carbonyl (C=O) groups excluding carboxylic acids is 1. The van der Waals surface area contributed by atoms with Gasteiger partial charge in [-0.05, 0) is 42.5 Å². The van der Waals surface area contributed by atoms with E-state index in [1.54, 1.807) is 42.7 Å². The number of carbonyl (C=O) groups is 1. The van der Waals surface area contributed by atoms with Crippen molar-refractivity contribution >= 4 is 44.1 Å². The zero-order valence-electron chi connectivity index (χ0n) is 17.5. The van der Waals surface area contributed by atoms with Gasteiger partial charge in [-0.3, -0.25) is 4.79 Å². The third kappa shape index (κ3) is 4.13. The molecule has 164 valence electrons. The quantitative estimate of drug-likeness (QED) is 0.310. The maximum atomic E-state index is 12.4. The number of thiazole rings is 1. The summed E-state index contributed by atoms with van der Waals surface area (Å²) in [6.45, 7) is -0.308. The molecule has 33 heavy (non-hydrogen) atoms. The number of benzene rings is 3. The Morgan fingerprint density at radius 2 is 1.94 bits per heavy atom. The molecule has 3 aromatic carbocycles. The average Bonchev–Trinajstić information content (AvgIpc) is 3.41. The second kappa shape index (κ2) is 8.71. The van der Waals surface area contributed by atoms with Gasteiger partial charge in [0.25, 0.3) is 0 Å². The molecule has 0 spiro atoms. The van der Waals surface area contributed by atoms with Gasteiger partial charge in [-0.25, -0.2) is 4.98 Å². The summed E-state index contributed by atoms with van der Waals surface area (Å²) in [5, 5.41) is 19.2. The van der Waals surface area contributed by atoms with Gasteiger partial charge in [0.1, 0.15) is 16.5 Å². The lowest BCUT2D eigenvalue weighted by atomic mass is 10.2. The fourth-order valence-corrected chi connectivity index (χ4v) is 4.40. The van der Waals surface area contributed by atoms with Gasteiger partial charge in [-0.15, -0.1) is 21.6 Å². The van der Waals surface area contributed by atoms with Crippen LogP contribution in [0.15, 0.2) is 77.0 Å². The largest absolute Gasteiger partial charge is 0.497 e. The minimum Gasteiger partial charge on any atom is -0.497 e. The lowest BCUT2D eigenvalue weighted by Crippen LogP contribution is -2.08. The SMILES string of the molecule is COc1ccc2[nH]c(O)c(N=NC(=O)COc3ccccc3-c3nc4ccccc4s3)c2c1. The fraction of sp³-hybridized carbons (Fsp3) is 0.0833. The lowest BCUT2D eigenvalue weighted by molar-refractivity contribution is -0.120. The van der Waals surface area contributed by atoms with Crippen molar-refractivity contribution in [3.05, 3.63) is 66.7 Å². The van der Waals surface area contributed by atoms with Crippen LogP contribution >= 0.6 is 11.3 Å². The number of hydrogen-bond donors (Lipinski definition) is 2. The summed E-state index contributed by atoms with van der Waals surface area (Å²) in [5.74, 6) is 0.349. The highest BCUT2D eigenvalue weighted by molar-refractivity contribution is 7.21. The number of ether oxygens (including phenoxy) is 2. The lowest BCUT2D eigenvalue weighted by Gasteiger charge is -2.07. The topological polar surface area (TPSA) is 109 Å². The summed E-state index contributed by atoms with van der Waals surface area (Å²) in [7, 11) is 1.54. The molecule has 0 radical (unpaired) electrons. The van der Waals surface area contributed by atoms with Crippen molar-refractivity contribution in [2.75, 3.05) is 13.7 Å². The molecule has 0 saturated heterocycles. The molecule has 0 aliphatic carbocycles. The van der Waals surface area contributed by atoms with Gasteiger partial charge >= 0.3 is 5.91 Å². The first-order chi connectivity index (χ1) is 16.1. The molecule has 0 aliphatic rings. The van der Waals surface area contributed by atoms with Gasteiger partial charge in [0.15, 0.2) is 12.3 Å². The first-order valence-corrected chi connectivity index (χ1v) is 10.8. The van der Waals surface area contributed by atoms with Crippen LogP contribution in [-0.2, 0) is 4.79 Å². The Kier molecular flexibility index (Phi) is 5.45. The Balaban J connectivity index is 1.34. The van der Waals surface area contributed by atoms with E-state index in [1.165, 1.54) is 0 Å². The van der Waals surface area contributed by atoms with E-state index >= 15 is 0 Å². The van der Waals surface area contributed by atoms with Gasteiger partial charge in [-0.2, -0.15) is 0 Å². The molecule has 0 saturated carbocycles. The molecule has 8 nitrogen and oxygen atoms in total. The Morgan fingerprint density at radius 1 is 1.12 bits per heavy atom. The minimum atomic E-state index is -0.592. The molecule has 0 atom stereocenters. The van der Waals surface area contributed by atoms with Gasteiger partial charge in [0, 0.05) is 5.39 Å². The zero-order valence-corrected chi connectivity index (χ0v) is 18.3. The first kappa shape index (κ1) is 20.7. The summed E-state index contributed by atoms with van der Waals surface area (Å²) in [5.41, 5.74) is 2.51. The third-order valence-electron chi connectivity index (χ3n) is 4.98. The van der Waals surface area contributed by atoms with Gasteiger partial charge in [-0.1, -0.05) is 24.3 Å². The maximum Gasteiger partial charge on any atom is 0.302 e. The average molecular weight is 458 g/mol. The molecule has 9 heteroatoms. The Bertz CT molecular complexity index is 1470. The number of nitrogens with zero attached hydrogens (tertiary/aromatic N) is 3. The molecule has 2 heterocycles. The number of rotatable bonds is 6. The number of H-pyrrole nitrogens is 1. The van der Waals surface area contributed by atoms with Crippen molar-refractivity contribution in [2.24, 2.45) is 10.2 Å². The Labute approximate surface area is 192 Å². The van der Waals surface area contributed by atoms with E-state index in [0.717, 1.165) is 20.8 Å². The molecular formula is C24H18N4O4S. The van der Waals surface area contributed by atoms with Crippen LogP contribution in [0.4, 0.5) is 5.69 Å². The number of fused-ring (bicyclic) bond motifs is 2. The van der Waals surface area contributed by atoms with E-state index in [-0.39, 0.29) is 18.2 Å². The van der Waals surface area contributed by atoms with E-state index in [2.05, 4.69) is 20.2 Å². The molecule has 5 rings (SSSR count). The molecular weight excluding hydrogens is 440 g/mol. The van der Waals surface area contributed by atoms with Crippen molar-refractivity contribution in [3.8, 4) is 28.0 Å². The van der Waals surface area contributed by atoms with E-state index in [1.807, 2.05) is 42.5 Å². The zero-order chi connectivity index (χ0) is 22.8. The van der Waals surface area contributed by atoms with Crippen LogP contribution in [0.1, 0.15) is 0 Å². The minimum absolute atomic E-state index is 0.159. The Morgan fingerprint density at radius 3 is 2.79 bits per heavy atom. The smallest absolute Gasteiger partial charge is 0.302 e. The predicted molar refractivity (Wildman–Crippen MR) is 127 cm³/mol. The van der Waals surface area contributed by atoms with E-state index in [9.17, 15) is 9.90 Å². The molecule has 0 unspecified atom stereocenters. The maximum absolute atomic E-state index is 12.4. The van der Waals surface area contributed by atoms with Crippen LogP contribution in [0.25, 0.3) is 31.7 Å². The van der Waals surface area contributed by atoms with Crippen LogP contribution in [0.5, 0.6) is 17.4 Å². The van der Waals surface area contributed by atoms with Crippen molar-refractivity contribution < 1.29 is 19.4 Å². The monoisotopic (exact) mass is 458 g/mol. The van der Waals surface area contributed by atoms with Crippen LogP contribution in [0.3, 0.4) is 0 Å². The molecule has 5 aromatic rings. The fourth-order valence-electron chi connectivity index (χ4n) is 3.40. The highest BCUT2D eigenvalue weighted by Crippen LogP contribution is 2.38. The number of aromatic amines is 1. The second-order valence-corrected chi connectivity index (χ2v) is 8.13. The third-order valence-corrected chi connectivity index (χ3v) is 6.05.